The van der Waals surface area contributed by atoms with Gasteiger partial charge in [0.15, 0.2) is 11.6 Å². The molecule has 0 fully saturated rings. The predicted molar refractivity (Wildman–Crippen MR) is 98.6 cm³/mol. The number of rotatable bonds is 4. The van der Waals surface area contributed by atoms with Crippen LogP contribution < -0.4 is 5.32 Å². The van der Waals surface area contributed by atoms with E-state index in [0.29, 0.717) is 48.6 Å². The summed E-state index contributed by atoms with van der Waals surface area (Å²) >= 11 is 0. The number of allylic oxidation sites excluding steroid dienone is 2. The molecule has 2 aromatic rings. The molecular weight excluding hydrogens is 347 g/mol. The molecule has 142 valence electrons. The van der Waals surface area contributed by atoms with Crippen LogP contribution in [0.3, 0.4) is 0 Å². The maximum atomic E-state index is 14.7. The number of anilines is 1. The minimum Gasteiger partial charge on any atom is -0.396 e. The van der Waals surface area contributed by atoms with Gasteiger partial charge in [0.05, 0.1) is 0 Å². The van der Waals surface area contributed by atoms with Crippen LogP contribution in [-0.4, -0.2) is 32.3 Å². The Morgan fingerprint density at radius 2 is 2.11 bits per heavy atom. The van der Waals surface area contributed by atoms with Crippen molar-refractivity contribution in [3.8, 4) is 0 Å². The fourth-order valence-electron chi connectivity index (χ4n) is 3.98. The van der Waals surface area contributed by atoms with Crippen LogP contribution in [0.15, 0.2) is 35.5 Å². The van der Waals surface area contributed by atoms with Crippen molar-refractivity contribution >= 4 is 11.7 Å². The van der Waals surface area contributed by atoms with Crippen LogP contribution >= 0.6 is 0 Å². The van der Waals surface area contributed by atoms with Crippen LogP contribution in [0, 0.1) is 11.2 Å². The van der Waals surface area contributed by atoms with Crippen molar-refractivity contribution in [2.45, 2.75) is 45.6 Å². The van der Waals surface area contributed by atoms with Crippen molar-refractivity contribution < 1.29 is 14.3 Å². The zero-order chi connectivity index (χ0) is 19.2. The van der Waals surface area contributed by atoms with Crippen LogP contribution in [0.1, 0.15) is 50.5 Å². The third kappa shape index (κ3) is 3.16. The minimum atomic E-state index is -0.628. The van der Waals surface area contributed by atoms with Crippen LogP contribution in [0.5, 0.6) is 0 Å². The summed E-state index contributed by atoms with van der Waals surface area (Å²) in [5.74, 6) is 0.729. The molecule has 1 aromatic heterocycles. The molecule has 2 N–H and O–H groups in total. The number of Topliss-reactive ketones (excluding diaryl/α,β-unsaturated/α-hetero) is 1. The number of hydrogen-bond acceptors (Lipinski definition) is 5. The molecule has 27 heavy (non-hydrogen) atoms. The minimum absolute atomic E-state index is 0.0139. The molecule has 1 atom stereocenters. The first-order chi connectivity index (χ1) is 12.9. The van der Waals surface area contributed by atoms with Crippen LogP contribution in [-0.2, 0) is 11.2 Å². The number of aromatic nitrogens is 3. The maximum absolute atomic E-state index is 14.7. The van der Waals surface area contributed by atoms with E-state index in [4.69, 9.17) is 5.11 Å². The topological polar surface area (TPSA) is 80.0 Å². The second-order valence-corrected chi connectivity index (χ2v) is 8.01. The summed E-state index contributed by atoms with van der Waals surface area (Å²) in [4.78, 5) is 17.5. The summed E-state index contributed by atoms with van der Waals surface area (Å²) in [6.07, 6.45) is 2.18. The molecule has 1 unspecified atom stereocenters. The summed E-state index contributed by atoms with van der Waals surface area (Å²) < 4.78 is 16.3. The van der Waals surface area contributed by atoms with Gasteiger partial charge in [-0.2, -0.15) is 10.1 Å². The lowest BCUT2D eigenvalue weighted by Crippen LogP contribution is -2.36. The lowest BCUT2D eigenvalue weighted by Gasteiger charge is -2.38. The Morgan fingerprint density at radius 3 is 2.85 bits per heavy atom. The molecule has 1 aliphatic carbocycles. The van der Waals surface area contributed by atoms with Gasteiger partial charge in [-0.15, -0.1) is 0 Å². The van der Waals surface area contributed by atoms with E-state index in [1.165, 1.54) is 6.07 Å². The molecule has 6 nitrogen and oxygen atoms in total. The molecule has 2 heterocycles. The average Bonchev–Trinajstić information content (AvgIpc) is 3.00. The van der Waals surface area contributed by atoms with Crippen molar-refractivity contribution in [3.05, 3.63) is 52.7 Å². The van der Waals surface area contributed by atoms with Gasteiger partial charge < -0.3 is 10.4 Å². The van der Waals surface area contributed by atoms with E-state index in [1.54, 1.807) is 22.9 Å². The number of nitrogens with one attached hydrogen (secondary N) is 1. The summed E-state index contributed by atoms with van der Waals surface area (Å²) in [6, 6.07) is 5.87. The number of aryl methyl sites for hydroxylation is 1. The molecule has 0 radical (unpaired) electrons. The van der Waals surface area contributed by atoms with Crippen molar-refractivity contribution in [3.63, 3.8) is 0 Å². The van der Waals surface area contributed by atoms with E-state index in [9.17, 15) is 9.18 Å². The lowest BCUT2D eigenvalue weighted by molar-refractivity contribution is -0.118. The second kappa shape index (κ2) is 6.56. The molecular formula is C20H23FN4O2. The van der Waals surface area contributed by atoms with Crippen molar-refractivity contribution in [2.75, 3.05) is 11.9 Å². The third-order valence-corrected chi connectivity index (χ3v) is 5.13. The Hall–Kier alpha value is -2.54. The number of carbonyl (C=O) groups excluding carboxylic acids is 1. The normalized spacial score (nSPS) is 20.9. The third-order valence-electron chi connectivity index (χ3n) is 5.13. The van der Waals surface area contributed by atoms with Gasteiger partial charge in [0, 0.05) is 36.3 Å². The molecule has 0 spiro atoms. The van der Waals surface area contributed by atoms with Gasteiger partial charge in [-0.25, -0.2) is 9.07 Å². The molecule has 0 saturated heterocycles. The molecule has 7 heteroatoms. The molecule has 0 bridgehead atoms. The summed E-state index contributed by atoms with van der Waals surface area (Å²) in [7, 11) is 0. The molecule has 0 saturated carbocycles. The SMILES string of the molecule is CC1(C)CC(=O)C2=C(C1)Nc1nc(CCCO)nn1C2c1ccccc1F. The van der Waals surface area contributed by atoms with Crippen molar-refractivity contribution in [1.29, 1.82) is 0 Å². The Kier molecular flexibility index (Phi) is 4.34. The number of benzene rings is 1. The Balaban J connectivity index is 1.86. The number of ketones is 1. The highest BCUT2D eigenvalue weighted by Crippen LogP contribution is 2.45. The van der Waals surface area contributed by atoms with Crippen LogP contribution in [0.4, 0.5) is 10.3 Å². The van der Waals surface area contributed by atoms with Crippen molar-refractivity contribution in [2.24, 2.45) is 5.41 Å². The highest BCUT2D eigenvalue weighted by atomic mass is 19.1. The molecule has 1 aromatic carbocycles. The van der Waals surface area contributed by atoms with E-state index >= 15 is 0 Å². The summed E-state index contributed by atoms with van der Waals surface area (Å²) in [5, 5.41) is 16.9. The van der Waals surface area contributed by atoms with Gasteiger partial charge in [0.25, 0.3) is 0 Å². The van der Waals surface area contributed by atoms with E-state index in [-0.39, 0.29) is 23.6 Å². The number of aliphatic hydroxyl groups excluding tert-OH is 1. The second-order valence-electron chi connectivity index (χ2n) is 8.01. The highest BCUT2D eigenvalue weighted by molar-refractivity contribution is 6.00. The fraction of sp³-hybridized carbons (Fsp3) is 0.450. The largest absolute Gasteiger partial charge is 0.396 e. The standard InChI is InChI=1S/C20H23FN4O2/c1-20(2)10-14-17(15(27)11-20)18(12-6-3-4-7-13(12)21)25-19(22-14)23-16(24-25)8-5-9-26/h3-4,6-7,18,26H,5,8-11H2,1-2H3,(H,22,23,24). The predicted octanol–water partition coefficient (Wildman–Crippen LogP) is 3.00. The van der Waals surface area contributed by atoms with Gasteiger partial charge in [-0.3, -0.25) is 4.79 Å². The number of aliphatic hydroxyl groups is 1. The molecule has 0 amide bonds. The number of halogens is 1. The van der Waals surface area contributed by atoms with Gasteiger partial charge in [0.1, 0.15) is 11.9 Å². The maximum Gasteiger partial charge on any atom is 0.226 e. The van der Waals surface area contributed by atoms with E-state index in [0.717, 1.165) is 5.70 Å². The first-order valence-corrected chi connectivity index (χ1v) is 9.23. The Bertz CT molecular complexity index is 932. The van der Waals surface area contributed by atoms with E-state index in [2.05, 4.69) is 29.2 Å². The van der Waals surface area contributed by atoms with Gasteiger partial charge in [-0.1, -0.05) is 32.0 Å². The quantitative estimate of drug-likeness (QED) is 0.865. The number of fused-ring (bicyclic) bond motifs is 1. The fourth-order valence-corrected chi connectivity index (χ4v) is 3.98. The zero-order valence-corrected chi connectivity index (χ0v) is 15.5. The molecule has 1 aliphatic heterocycles. The van der Waals surface area contributed by atoms with E-state index < -0.39 is 6.04 Å². The van der Waals surface area contributed by atoms with Gasteiger partial charge >= 0.3 is 0 Å². The number of nitrogens with zero attached hydrogens (tertiary/aromatic N) is 3. The first kappa shape index (κ1) is 17.9. The Morgan fingerprint density at radius 1 is 1.33 bits per heavy atom. The molecule has 4 rings (SSSR count). The van der Waals surface area contributed by atoms with Crippen LogP contribution in [0.2, 0.25) is 0 Å². The average molecular weight is 370 g/mol. The van der Waals surface area contributed by atoms with Crippen LogP contribution in [0.25, 0.3) is 0 Å². The summed E-state index contributed by atoms with van der Waals surface area (Å²) in [5.41, 5.74) is 1.63. The Labute approximate surface area is 157 Å². The number of carbonyl (C=O) groups is 1. The van der Waals surface area contributed by atoms with Gasteiger partial charge in [0.2, 0.25) is 5.95 Å². The lowest BCUT2D eigenvalue weighted by atomic mass is 9.73. The summed E-state index contributed by atoms with van der Waals surface area (Å²) in [6.45, 7) is 4.16. The number of hydrogen-bond donors (Lipinski definition) is 2. The van der Waals surface area contributed by atoms with E-state index in [1.807, 2.05) is 0 Å². The monoisotopic (exact) mass is 370 g/mol. The smallest absolute Gasteiger partial charge is 0.226 e. The van der Waals surface area contributed by atoms with Crippen molar-refractivity contribution in [1.82, 2.24) is 14.8 Å². The molecule has 2 aliphatic rings. The first-order valence-electron chi connectivity index (χ1n) is 9.23. The highest BCUT2D eigenvalue weighted by Gasteiger charge is 2.42. The van der Waals surface area contributed by atoms with Gasteiger partial charge in [-0.05, 0) is 24.3 Å². The zero-order valence-electron chi connectivity index (χ0n) is 15.5.